The highest BCUT2D eigenvalue weighted by molar-refractivity contribution is 6.22. The van der Waals surface area contributed by atoms with Crippen LogP contribution in [0.25, 0.3) is 33.9 Å². The van der Waals surface area contributed by atoms with E-state index in [4.69, 9.17) is 4.98 Å². The standard InChI is InChI=1S/C21H16N2.C12H12N2O3/c1-4-10-16(11-5-1)19-20(17-12-6-2-7-13-17)23-21(22-19)18-14-8-3-9-15-18;1-2-12(8-6-4-3-5-7-8)9(15)13-11(17)14-10(12)16/h1-15H,(H,22,23);3-7H,2H2,1H3,(H2,13,14,15,16,17). The van der Waals surface area contributed by atoms with Crippen molar-refractivity contribution in [2.24, 2.45) is 0 Å². The summed E-state index contributed by atoms with van der Waals surface area (Å²) < 4.78 is 0. The van der Waals surface area contributed by atoms with Crippen LogP contribution in [0.2, 0.25) is 0 Å². The van der Waals surface area contributed by atoms with Crippen LogP contribution in [0.1, 0.15) is 18.9 Å². The van der Waals surface area contributed by atoms with Gasteiger partial charge in [-0.3, -0.25) is 20.2 Å². The van der Waals surface area contributed by atoms with Gasteiger partial charge in [-0.1, -0.05) is 128 Å². The van der Waals surface area contributed by atoms with Crippen molar-refractivity contribution in [3.63, 3.8) is 0 Å². The Balaban J connectivity index is 0.000000170. The summed E-state index contributed by atoms with van der Waals surface area (Å²) in [7, 11) is 0. The van der Waals surface area contributed by atoms with Crippen LogP contribution in [0.4, 0.5) is 4.79 Å². The lowest BCUT2D eigenvalue weighted by Crippen LogP contribution is -2.64. The van der Waals surface area contributed by atoms with Crippen molar-refractivity contribution in [3.8, 4) is 33.9 Å². The number of aromatic amines is 1. The Morgan fingerprint density at radius 3 is 1.55 bits per heavy atom. The second-order valence-electron chi connectivity index (χ2n) is 9.27. The summed E-state index contributed by atoms with van der Waals surface area (Å²) >= 11 is 0. The lowest BCUT2D eigenvalue weighted by molar-refractivity contribution is -0.138. The number of barbiturate groups is 1. The van der Waals surface area contributed by atoms with Gasteiger partial charge >= 0.3 is 6.03 Å². The minimum absolute atomic E-state index is 0.294. The van der Waals surface area contributed by atoms with Gasteiger partial charge in [-0.2, -0.15) is 0 Å². The molecule has 4 amide bonds. The van der Waals surface area contributed by atoms with Crippen LogP contribution in [0, 0.1) is 0 Å². The predicted molar refractivity (Wildman–Crippen MR) is 155 cm³/mol. The lowest BCUT2D eigenvalue weighted by atomic mass is 9.75. The van der Waals surface area contributed by atoms with E-state index >= 15 is 0 Å². The molecule has 40 heavy (non-hydrogen) atoms. The number of amides is 4. The van der Waals surface area contributed by atoms with E-state index in [9.17, 15) is 14.4 Å². The van der Waals surface area contributed by atoms with Crippen LogP contribution in [0.5, 0.6) is 0 Å². The second-order valence-corrected chi connectivity index (χ2v) is 9.27. The summed E-state index contributed by atoms with van der Waals surface area (Å²) in [4.78, 5) is 43.4. The van der Waals surface area contributed by atoms with Crippen molar-refractivity contribution in [2.45, 2.75) is 18.8 Å². The number of nitrogens with zero attached hydrogens (tertiary/aromatic N) is 1. The molecule has 1 aromatic heterocycles. The molecule has 198 valence electrons. The first-order valence-corrected chi connectivity index (χ1v) is 13.0. The van der Waals surface area contributed by atoms with Crippen molar-refractivity contribution >= 4 is 17.8 Å². The number of H-pyrrole nitrogens is 1. The zero-order chi connectivity index (χ0) is 28.0. The van der Waals surface area contributed by atoms with Crippen molar-refractivity contribution < 1.29 is 14.4 Å². The van der Waals surface area contributed by atoms with E-state index < -0.39 is 23.3 Å². The average Bonchev–Trinajstić information content (AvgIpc) is 3.45. The number of rotatable bonds is 5. The number of carbonyl (C=O) groups excluding carboxylic acids is 3. The Morgan fingerprint density at radius 2 is 1.05 bits per heavy atom. The van der Waals surface area contributed by atoms with Crippen molar-refractivity contribution in [2.75, 3.05) is 0 Å². The number of urea groups is 1. The Morgan fingerprint density at radius 1 is 0.600 bits per heavy atom. The second kappa shape index (κ2) is 11.6. The topological polar surface area (TPSA) is 104 Å². The van der Waals surface area contributed by atoms with E-state index in [1.54, 1.807) is 37.3 Å². The maximum Gasteiger partial charge on any atom is 0.328 e. The normalized spacial score (nSPS) is 14.0. The van der Waals surface area contributed by atoms with Crippen LogP contribution in [-0.4, -0.2) is 27.8 Å². The maximum absolute atomic E-state index is 12.0. The molecule has 1 fully saturated rings. The first-order chi connectivity index (χ1) is 19.5. The number of nitrogens with one attached hydrogen (secondary N) is 3. The van der Waals surface area contributed by atoms with Crippen LogP contribution in [-0.2, 0) is 15.0 Å². The molecule has 1 aliphatic heterocycles. The predicted octanol–water partition coefficient (Wildman–Crippen LogP) is 6.11. The molecule has 7 heteroatoms. The summed E-state index contributed by atoms with van der Waals surface area (Å²) in [5.74, 6) is -0.247. The van der Waals surface area contributed by atoms with Crippen molar-refractivity contribution in [3.05, 3.63) is 127 Å². The molecular formula is C33H28N4O3. The first-order valence-electron chi connectivity index (χ1n) is 13.0. The number of imide groups is 2. The minimum atomic E-state index is -1.31. The molecule has 5 aromatic rings. The highest BCUT2D eigenvalue weighted by Crippen LogP contribution is 2.33. The molecule has 6 rings (SSSR count). The fourth-order valence-electron chi connectivity index (χ4n) is 4.79. The number of benzene rings is 4. The minimum Gasteiger partial charge on any atom is -0.337 e. The van der Waals surface area contributed by atoms with Gasteiger partial charge in [0.05, 0.1) is 11.4 Å². The van der Waals surface area contributed by atoms with E-state index in [0.717, 1.165) is 33.9 Å². The summed E-state index contributed by atoms with van der Waals surface area (Å²) in [5, 5.41) is 4.28. The van der Waals surface area contributed by atoms with E-state index in [1.165, 1.54) is 0 Å². The molecule has 7 nitrogen and oxygen atoms in total. The van der Waals surface area contributed by atoms with E-state index in [1.807, 2.05) is 54.6 Å². The molecular weight excluding hydrogens is 500 g/mol. The van der Waals surface area contributed by atoms with Gasteiger partial charge in [-0.15, -0.1) is 0 Å². The smallest absolute Gasteiger partial charge is 0.328 e. The summed E-state index contributed by atoms with van der Waals surface area (Å²) in [6.07, 6.45) is 0.294. The van der Waals surface area contributed by atoms with E-state index in [0.29, 0.717) is 12.0 Å². The fourth-order valence-corrected chi connectivity index (χ4v) is 4.79. The van der Waals surface area contributed by atoms with Crippen LogP contribution < -0.4 is 10.6 Å². The van der Waals surface area contributed by atoms with Crippen LogP contribution in [0.15, 0.2) is 121 Å². The third-order valence-corrected chi connectivity index (χ3v) is 6.89. The third-order valence-electron chi connectivity index (χ3n) is 6.89. The largest absolute Gasteiger partial charge is 0.337 e. The number of aromatic nitrogens is 2. The quantitative estimate of drug-likeness (QED) is 0.239. The number of hydrogen-bond acceptors (Lipinski definition) is 4. The van der Waals surface area contributed by atoms with Gasteiger partial charge in [-0.25, -0.2) is 9.78 Å². The molecule has 0 bridgehead atoms. The van der Waals surface area contributed by atoms with Crippen LogP contribution >= 0.6 is 0 Å². The molecule has 0 atom stereocenters. The van der Waals surface area contributed by atoms with E-state index in [2.05, 4.69) is 52.0 Å². The molecule has 0 aliphatic carbocycles. The summed E-state index contributed by atoms with van der Waals surface area (Å²) in [5.41, 5.74) is 4.66. The third kappa shape index (κ3) is 5.17. The highest BCUT2D eigenvalue weighted by atomic mass is 16.2. The van der Waals surface area contributed by atoms with Crippen LogP contribution in [0.3, 0.4) is 0 Å². The van der Waals surface area contributed by atoms with E-state index in [-0.39, 0.29) is 0 Å². The molecule has 2 heterocycles. The van der Waals surface area contributed by atoms with Gasteiger partial charge in [0.25, 0.3) is 0 Å². The Hall–Kier alpha value is -5.30. The SMILES string of the molecule is CCC1(c2ccccc2)C(=O)NC(=O)NC1=O.c1ccc(-c2nc(-c3ccccc3)c(-c3ccccc3)[nH]2)cc1. The maximum atomic E-state index is 12.0. The molecule has 0 unspecified atom stereocenters. The first kappa shape index (κ1) is 26.3. The number of hydrogen-bond donors (Lipinski definition) is 3. The van der Waals surface area contributed by atoms with Gasteiger partial charge in [0.15, 0.2) is 5.41 Å². The molecule has 4 aromatic carbocycles. The van der Waals surface area contributed by atoms with Gasteiger partial charge in [0.2, 0.25) is 11.8 Å². The van der Waals surface area contributed by atoms with Gasteiger partial charge in [0.1, 0.15) is 5.82 Å². The number of imidazole rings is 1. The molecule has 3 N–H and O–H groups in total. The van der Waals surface area contributed by atoms with Gasteiger partial charge in [0, 0.05) is 16.7 Å². The molecule has 1 aliphatic rings. The highest BCUT2D eigenvalue weighted by Gasteiger charge is 2.50. The molecule has 0 saturated carbocycles. The van der Waals surface area contributed by atoms with Crippen molar-refractivity contribution in [1.82, 2.24) is 20.6 Å². The Labute approximate surface area is 232 Å². The fraction of sp³-hybridized carbons (Fsp3) is 0.0909. The molecule has 0 radical (unpaired) electrons. The Kier molecular flexibility index (Phi) is 7.64. The molecule has 0 spiro atoms. The monoisotopic (exact) mass is 528 g/mol. The zero-order valence-electron chi connectivity index (χ0n) is 21.9. The average molecular weight is 529 g/mol. The molecule has 1 saturated heterocycles. The summed E-state index contributed by atoms with van der Waals surface area (Å²) in [6.45, 7) is 1.74. The zero-order valence-corrected chi connectivity index (χ0v) is 21.9. The Bertz CT molecular complexity index is 1540. The van der Waals surface area contributed by atoms with Gasteiger partial charge in [-0.05, 0) is 12.0 Å². The summed E-state index contributed by atoms with van der Waals surface area (Å²) in [6, 6.07) is 38.8. The van der Waals surface area contributed by atoms with Crippen molar-refractivity contribution in [1.29, 1.82) is 0 Å². The number of carbonyl (C=O) groups is 3. The lowest BCUT2D eigenvalue weighted by Gasteiger charge is -2.33. The van der Waals surface area contributed by atoms with Gasteiger partial charge < -0.3 is 4.98 Å².